The number of carbonyl (C=O) groups is 2. The van der Waals surface area contributed by atoms with Crippen LogP contribution in [0.15, 0.2) is 84.9 Å². The molecule has 4 aromatic rings. The van der Waals surface area contributed by atoms with Gasteiger partial charge in [0.25, 0.3) is 11.8 Å². The molecule has 4 aromatic carbocycles. The Hall–Kier alpha value is -3.72. The topological polar surface area (TPSA) is 37.4 Å². The third kappa shape index (κ3) is 2.91. The molecule has 3 nitrogen and oxygen atoms in total. The van der Waals surface area contributed by atoms with Crippen molar-refractivity contribution in [3.05, 3.63) is 96.1 Å². The molecule has 0 saturated carbocycles. The minimum atomic E-state index is -0.208. The van der Waals surface area contributed by atoms with E-state index in [4.69, 9.17) is 0 Å². The quantitative estimate of drug-likeness (QED) is 0.420. The minimum Gasteiger partial charge on any atom is -0.274 e. The molecule has 0 unspecified atom stereocenters. The number of hydrogen-bond donors (Lipinski definition) is 0. The zero-order valence-electron chi connectivity index (χ0n) is 16.8. The van der Waals surface area contributed by atoms with Crippen LogP contribution in [0.25, 0.3) is 32.7 Å². The summed E-state index contributed by atoms with van der Waals surface area (Å²) in [5.41, 5.74) is 2.56. The van der Waals surface area contributed by atoms with Gasteiger partial charge in [0.05, 0.1) is 11.1 Å². The molecule has 0 spiro atoms. The molecule has 146 valence electrons. The Kier molecular flexibility index (Phi) is 4.44. The highest BCUT2D eigenvalue weighted by molar-refractivity contribution is 6.49. The molecule has 0 atom stereocenters. The van der Waals surface area contributed by atoms with Crippen LogP contribution in [0.2, 0.25) is 0 Å². The second-order valence-corrected chi connectivity index (χ2v) is 7.64. The molecule has 1 aliphatic rings. The maximum atomic E-state index is 13.3. The lowest BCUT2D eigenvalue weighted by atomic mass is 9.93. The number of hydrogen-bond acceptors (Lipinski definition) is 2. The van der Waals surface area contributed by atoms with E-state index >= 15 is 0 Å². The van der Waals surface area contributed by atoms with E-state index in [0.29, 0.717) is 17.7 Å². The van der Waals surface area contributed by atoms with Crippen molar-refractivity contribution in [2.45, 2.75) is 13.3 Å². The third-order valence-electron chi connectivity index (χ3n) is 5.69. The largest absolute Gasteiger partial charge is 0.274 e. The predicted octanol–water partition coefficient (Wildman–Crippen LogP) is 5.68. The zero-order chi connectivity index (χ0) is 20.7. The van der Waals surface area contributed by atoms with E-state index < -0.39 is 0 Å². The lowest BCUT2D eigenvalue weighted by molar-refractivity contribution is -0.136. The van der Waals surface area contributed by atoms with Gasteiger partial charge in [0.15, 0.2) is 0 Å². The van der Waals surface area contributed by atoms with Crippen LogP contribution in [0.3, 0.4) is 0 Å². The second-order valence-electron chi connectivity index (χ2n) is 7.64. The lowest BCUT2D eigenvalue weighted by Crippen LogP contribution is -2.32. The normalized spacial score (nSPS) is 14.4. The van der Waals surface area contributed by atoms with Gasteiger partial charge in [-0.15, -0.1) is 0 Å². The van der Waals surface area contributed by atoms with Crippen molar-refractivity contribution in [3.63, 3.8) is 0 Å². The number of carbonyl (C=O) groups excluding carboxylic acids is 2. The molecule has 5 rings (SSSR count). The first kappa shape index (κ1) is 18.3. The van der Waals surface area contributed by atoms with Crippen LogP contribution in [-0.2, 0) is 9.59 Å². The molecule has 0 aromatic heterocycles. The fourth-order valence-electron chi connectivity index (χ4n) is 4.23. The molecule has 0 saturated heterocycles. The van der Waals surface area contributed by atoms with Crippen LogP contribution in [0.5, 0.6) is 0 Å². The molecule has 0 N–H and O–H groups in total. The number of benzene rings is 4. The molecule has 2 amide bonds. The van der Waals surface area contributed by atoms with Gasteiger partial charge in [0, 0.05) is 6.54 Å². The SMILES string of the molecule is CCCN1C(=O)C(c2ccc3ccccc3c2)=C(c2ccc3ccccc3c2)C1=O. The van der Waals surface area contributed by atoms with Crippen LogP contribution in [0, 0.1) is 0 Å². The zero-order valence-corrected chi connectivity index (χ0v) is 16.8. The summed E-state index contributed by atoms with van der Waals surface area (Å²) >= 11 is 0. The van der Waals surface area contributed by atoms with E-state index in [1.165, 1.54) is 4.90 Å². The number of imide groups is 1. The van der Waals surface area contributed by atoms with Gasteiger partial charge in [-0.3, -0.25) is 14.5 Å². The van der Waals surface area contributed by atoms with Gasteiger partial charge in [-0.25, -0.2) is 0 Å². The monoisotopic (exact) mass is 391 g/mol. The Morgan fingerprint density at radius 3 is 1.47 bits per heavy atom. The first-order valence-electron chi connectivity index (χ1n) is 10.3. The Balaban J connectivity index is 1.75. The highest BCUT2D eigenvalue weighted by atomic mass is 16.2. The molecular formula is C27H21NO2. The average Bonchev–Trinajstić information content (AvgIpc) is 3.03. The molecule has 1 heterocycles. The van der Waals surface area contributed by atoms with E-state index in [1.54, 1.807) is 0 Å². The predicted molar refractivity (Wildman–Crippen MR) is 122 cm³/mol. The Morgan fingerprint density at radius 2 is 1.03 bits per heavy atom. The van der Waals surface area contributed by atoms with Gasteiger partial charge in [-0.2, -0.15) is 0 Å². The van der Waals surface area contributed by atoms with Crippen LogP contribution in [0.1, 0.15) is 24.5 Å². The fraction of sp³-hybridized carbons (Fsp3) is 0.111. The van der Waals surface area contributed by atoms with Crippen LogP contribution in [0.4, 0.5) is 0 Å². The molecule has 3 heteroatoms. The molecule has 0 bridgehead atoms. The number of fused-ring (bicyclic) bond motifs is 2. The Morgan fingerprint density at radius 1 is 0.600 bits per heavy atom. The van der Waals surface area contributed by atoms with Crippen molar-refractivity contribution >= 4 is 44.5 Å². The van der Waals surface area contributed by atoms with Crippen LogP contribution in [-0.4, -0.2) is 23.3 Å². The first-order chi connectivity index (χ1) is 14.7. The highest BCUT2D eigenvalue weighted by Crippen LogP contribution is 2.37. The highest BCUT2D eigenvalue weighted by Gasteiger charge is 2.39. The van der Waals surface area contributed by atoms with Gasteiger partial charge in [-0.05, 0) is 51.2 Å². The summed E-state index contributed by atoms with van der Waals surface area (Å²) in [6.07, 6.45) is 0.730. The summed E-state index contributed by atoms with van der Waals surface area (Å²) < 4.78 is 0. The number of nitrogens with zero attached hydrogens (tertiary/aromatic N) is 1. The van der Waals surface area contributed by atoms with E-state index in [0.717, 1.165) is 39.1 Å². The minimum absolute atomic E-state index is 0.208. The lowest BCUT2D eigenvalue weighted by Gasteiger charge is -2.13. The maximum Gasteiger partial charge on any atom is 0.262 e. The fourth-order valence-corrected chi connectivity index (χ4v) is 4.23. The smallest absolute Gasteiger partial charge is 0.262 e. The van der Waals surface area contributed by atoms with Crippen molar-refractivity contribution in [3.8, 4) is 0 Å². The second kappa shape index (κ2) is 7.27. The van der Waals surface area contributed by atoms with Crippen LogP contribution >= 0.6 is 0 Å². The summed E-state index contributed by atoms with van der Waals surface area (Å²) in [6.45, 7) is 2.40. The summed E-state index contributed by atoms with van der Waals surface area (Å²) in [6, 6.07) is 28.0. The molecule has 30 heavy (non-hydrogen) atoms. The first-order valence-corrected chi connectivity index (χ1v) is 10.3. The van der Waals surface area contributed by atoms with Gasteiger partial charge >= 0.3 is 0 Å². The average molecular weight is 391 g/mol. The summed E-state index contributed by atoms with van der Waals surface area (Å²) in [5, 5.41) is 4.32. The Bertz CT molecular complexity index is 1250. The summed E-state index contributed by atoms with van der Waals surface area (Å²) in [5.74, 6) is -0.416. The molecule has 1 aliphatic heterocycles. The van der Waals surface area contributed by atoms with Gasteiger partial charge in [0.1, 0.15) is 0 Å². The van der Waals surface area contributed by atoms with Crippen LogP contribution < -0.4 is 0 Å². The van der Waals surface area contributed by atoms with E-state index in [1.807, 2.05) is 91.9 Å². The Labute approximate surface area is 175 Å². The number of amides is 2. The van der Waals surface area contributed by atoms with Crippen molar-refractivity contribution in [2.24, 2.45) is 0 Å². The van der Waals surface area contributed by atoms with Crippen molar-refractivity contribution in [1.29, 1.82) is 0 Å². The van der Waals surface area contributed by atoms with Crippen molar-refractivity contribution < 1.29 is 9.59 Å². The van der Waals surface area contributed by atoms with Crippen molar-refractivity contribution in [1.82, 2.24) is 4.90 Å². The van der Waals surface area contributed by atoms with Gasteiger partial charge in [-0.1, -0.05) is 79.7 Å². The molecular weight excluding hydrogens is 370 g/mol. The van der Waals surface area contributed by atoms with E-state index in [9.17, 15) is 9.59 Å². The van der Waals surface area contributed by atoms with Crippen molar-refractivity contribution in [2.75, 3.05) is 6.54 Å². The standard InChI is InChI=1S/C27H21NO2/c1-2-15-28-26(29)24(22-13-11-18-7-3-5-9-20(18)16-22)25(27(28)30)23-14-12-19-8-4-6-10-21(19)17-23/h3-14,16-17H,2,15H2,1H3. The summed E-state index contributed by atoms with van der Waals surface area (Å²) in [4.78, 5) is 28.1. The third-order valence-corrected chi connectivity index (χ3v) is 5.69. The van der Waals surface area contributed by atoms with E-state index in [2.05, 4.69) is 0 Å². The van der Waals surface area contributed by atoms with E-state index in [-0.39, 0.29) is 11.8 Å². The molecule has 0 fully saturated rings. The molecule has 0 radical (unpaired) electrons. The van der Waals surface area contributed by atoms with Gasteiger partial charge < -0.3 is 0 Å². The maximum absolute atomic E-state index is 13.3. The van der Waals surface area contributed by atoms with Gasteiger partial charge in [0.2, 0.25) is 0 Å². The summed E-state index contributed by atoms with van der Waals surface area (Å²) in [7, 11) is 0. The number of rotatable bonds is 4. The molecule has 0 aliphatic carbocycles.